The second-order valence-electron chi connectivity index (χ2n) is 9.94. The van der Waals surface area contributed by atoms with Crippen molar-refractivity contribution in [1.82, 2.24) is 4.98 Å². The molecule has 2 aromatic carbocycles. The summed E-state index contributed by atoms with van der Waals surface area (Å²) < 4.78 is 48.1. The molecule has 1 N–H and O–H groups in total. The molecule has 0 fully saturated rings. The van der Waals surface area contributed by atoms with Crippen LogP contribution in [0, 0.1) is 17.5 Å². The maximum atomic E-state index is 14.7. The Morgan fingerprint density at radius 2 is 1.52 bits per heavy atom. The minimum Gasteiger partial charge on any atom is -0.461 e. The summed E-state index contributed by atoms with van der Waals surface area (Å²) in [4.78, 5) is 16.2. The number of aromatic amines is 1. The van der Waals surface area contributed by atoms with Crippen molar-refractivity contribution in [3.8, 4) is 11.3 Å². The van der Waals surface area contributed by atoms with Crippen LogP contribution >= 0.6 is 0 Å². The first kappa shape index (κ1) is 23.2. The predicted octanol–water partition coefficient (Wildman–Crippen LogP) is 1.40. The number of H-pyrrole nitrogens is 1. The van der Waals surface area contributed by atoms with E-state index >= 15 is 0 Å². The van der Waals surface area contributed by atoms with Crippen LogP contribution in [-0.4, -0.2) is 47.9 Å². The zero-order valence-corrected chi connectivity index (χ0v) is 18.9. The first-order valence-corrected chi connectivity index (χ1v) is 10.2. The molecule has 0 spiro atoms. The van der Waals surface area contributed by atoms with E-state index in [9.17, 15) is 18.0 Å². The quantitative estimate of drug-likeness (QED) is 0.510. The van der Waals surface area contributed by atoms with E-state index in [-0.39, 0.29) is 5.52 Å². The molecule has 0 aliphatic heterocycles. The lowest BCUT2D eigenvalue weighted by Gasteiger charge is -2.42. The molecular formula is C21H24B4F3NO2. The number of halogens is 3. The van der Waals surface area contributed by atoms with Crippen molar-refractivity contribution in [3.05, 3.63) is 59.4 Å². The van der Waals surface area contributed by atoms with Gasteiger partial charge in [-0.25, -0.2) is 13.2 Å². The maximum absolute atomic E-state index is 14.7. The van der Waals surface area contributed by atoms with E-state index in [2.05, 4.69) is 4.98 Å². The second-order valence-corrected chi connectivity index (χ2v) is 9.94. The average molecular weight is 423 g/mol. The second kappa shape index (κ2) is 7.57. The van der Waals surface area contributed by atoms with Gasteiger partial charge in [0.05, 0.1) is 5.52 Å². The molecule has 1 aromatic heterocycles. The molecule has 3 nitrogen and oxygen atoms in total. The van der Waals surface area contributed by atoms with Gasteiger partial charge in [0, 0.05) is 22.4 Å². The van der Waals surface area contributed by atoms with Crippen LogP contribution in [0.5, 0.6) is 0 Å². The fraction of sp³-hybridized carbons (Fsp3) is 0.286. The zero-order chi connectivity index (χ0) is 23.4. The van der Waals surface area contributed by atoms with E-state index in [1.165, 1.54) is 18.2 Å². The Balaban J connectivity index is 2.31. The van der Waals surface area contributed by atoms with Gasteiger partial charge in [0.1, 0.15) is 54.4 Å². The van der Waals surface area contributed by atoms with Crippen LogP contribution < -0.4 is 0 Å². The van der Waals surface area contributed by atoms with Crippen LogP contribution in [0.15, 0.2) is 36.4 Å². The lowest BCUT2D eigenvalue weighted by Crippen LogP contribution is -2.50. The molecule has 0 aliphatic carbocycles. The number of fused-ring (bicyclic) bond motifs is 1. The predicted molar refractivity (Wildman–Crippen MR) is 128 cm³/mol. The number of ether oxygens (including phenoxy) is 1. The minimum atomic E-state index is -1.06. The van der Waals surface area contributed by atoms with E-state index in [0.29, 0.717) is 22.2 Å². The van der Waals surface area contributed by atoms with Gasteiger partial charge in [-0.2, -0.15) is 0 Å². The Hall–Kier alpha value is -2.50. The van der Waals surface area contributed by atoms with E-state index in [1.54, 1.807) is 48.6 Å². The molecule has 31 heavy (non-hydrogen) atoms. The molecule has 3 rings (SSSR count). The molecule has 158 valence electrons. The standard InChI is InChI=1S/C21H24B4F3NO2/c1-19(2,3)31-18(30)21(24,25)20(22,23)15-13-8-12(27)9-14(28)17(13)29-16(15)10-4-6-11(26)7-5-10/h4-9,29H,22-25H2,1-3H3. The number of carbonyl (C=O) groups excluding carboxylic acids is 1. The molecular weight excluding hydrogens is 398 g/mol. The van der Waals surface area contributed by atoms with E-state index in [0.717, 1.165) is 6.07 Å². The smallest absolute Gasteiger partial charge is 0.296 e. The van der Waals surface area contributed by atoms with Crippen molar-refractivity contribution in [2.75, 3.05) is 0 Å². The number of hydrogen-bond donors (Lipinski definition) is 1. The van der Waals surface area contributed by atoms with Gasteiger partial charge in [0.25, 0.3) is 5.97 Å². The van der Waals surface area contributed by atoms with E-state index < -0.39 is 39.4 Å². The number of nitrogens with one attached hydrogen (secondary N) is 1. The largest absolute Gasteiger partial charge is 0.461 e. The van der Waals surface area contributed by atoms with Crippen molar-refractivity contribution < 1.29 is 22.7 Å². The van der Waals surface area contributed by atoms with Gasteiger partial charge in [-0.05, 0) is 62.2 Å². The summed E-state index contributed by atoms with van der Waals surface area (Å²) in [5.41, 5.74) is 1.09. The first-order valence-electron chi connectivity index (χ1n) is 10.2. The third-order valence-electron chi connectivity index (χ3n) is 6.05. The number of rotatable bonds is 4. The Morgan fingerprint density at radius 3 is 2.06 bits per heavy atom. The van der Waals surface area contributed by atoms with Gasteiger partial charge in [0.15, 0.2) is 0 Å². The molecule has 0 aliphatic rings. The highest BCUT2D eigenvalue weighted by molar-refractivity contribution is 6.61. The summed E-state index contributed by atoms with van der Waals surface area (Å²) in [5, 5.41) is -1.65. The molecule has 0 bridgehead atoms. The molecule has 0 saturated heterocycles. The van der Waals surface area contributed by atoms with Crippen LogP contribution in [0.25, 0.3) is 22.2 Å². The zero-order valence-electron chi connectivity index (χ0n) is 18.9. The Labute approximate surface area is 183 Å². The highest BCUT2D eigenvalue weighted by Gasteiger charge is 2.48. The van der Waals surface area contributed by atoms with E-state index in [4.69, 9.17) is 4.74 Å². The van der Waals surface area contributed by atoms with Crippen LogP contribution in [0.4, 0.5) is 13.2 Å². The number of aromatic nitrogens is 1. The van der Waals surface area contributed by atoms with Crippen LogP contribution in [-0.2, 0) is 14.7 Å². The van der Waals surface area contributed by atoms with Gasteiger partial charge in [0.2, 0.25) is 0 Å². The fourth-order valence-electron chi connectivity index (χ4n) is 3.68. The molecule has 0 radical (unpaired) electrons. The van der Waals surface area contributed by atoms with Crippen LogP contribution in [0.1, 0.15) is 26.3 Å². The van der Waals surface area contributed by atoms with Gasteiger partial charge in [-0.3, -0.25) is 4.79 Å². The van der Waals surface area contributed by atoms with Crippen molar-refractivity contribution in [1.29, 1.82) is 0 Å². The maximum Gasteiger partial charge on any atom is 0.296 e. The van der Waals surface area contributed by atoms with Crippen molar-refractivity contribution >= 4 is 48.3 Å². The number of carbonyl (C=O) groups is 1. The third-order valence-corrected chi connectivity index (χ3v) is 6.05. The number of hydrogen-bond acceptors (Lipinski definition) is 2. The fourth-order valence-corrected chi connectivity index (χ4v) is 3.68. The molecule has 0 unspecified atom stereocenters. The van der Waals surface area contributed by atoms with E-state index in [1.807, 2.05) is 15.7 Å². The molecule has 10 heteroatoms. The lowest BCUT2D eigenvalue weighted by molar-refractivity contribution is -0.156. The minimum absolute atomic E-state index is 0.129. The highest BCUT2D eigenvalue weighted by Crippen LogP contribution is 2.47. The van der Waals surface area contributed by atoms with Crippen molar-refractivity contribution in [2.24, 2.45) is 0 Å². The summed E-state index contributed by atoms with van der Waals surface area (Å²) in [6, 6.07) is 7.79. The SMILES string of the molecule is BC(B)(C(=O)OC(C)(C)C)C(B)(B)c1c(-c2ccc(F)cc2)[nH]c2c(F)cc(F)cc12. The Kier molecular flexibility index (Phi) is 5.66. The van der Waals surface area contributed by atoms with Gasteiger partial charge >= 0.3 is 0 Å². The molecule has 1 heterocycles. The summed E-state index contributed by atoms with van der Waals surface area (Å²) in [5.74, 6) is -2.30. The normalized spacial score (nSPS) is 12.8. The summed E-state index contributed by atoms with van der Waals surface area (Å²) in [6.07, 6.45) is 0. The summed E-state index contributed by atoms with van der Waals surface area (Å²) in [6.45, 7) is 5.36. The topological polar surface area (TPSA) is 42.1 Å². The number of esters is 1. The van der Waals surface area contributed by atoms with Crippen LogP contribution in [0.2, 0.25) is 5.21 Å². The Bertz CT molecular complexity index is 1150. The Morgan fingerprint density at radius 1 is 0.935 bits per heavy atom. The lowest BCUT2D eigenvalue weighted by atomic mass is 9.28. The molecule has 0 saturated carbocycles. The average Bonchev–Trinajstić information content (AvgIpc) is 3.01. The van der Waals surface area contributed by atoms with Crippen LogP contribution in [0.3, 0.4) is 0 Å². The first-order chi connectivity index (χ1) is 14.1. The molecule has 0 atom stereocenters. The summed E-state index contributed by atoms with van der Waals surface area (Å²) >= 11 is 0. The van der Waals surface area contributed by atoms with Crippen molar-refractivity contribution in [2.45, 2.75) is 36.8 Å². The third kappa shape index (κ3) is 4.17. The monoisotopic (exact) mass is 423 g/mol. The summed E-state index contributed by atoms with van der Waals surface area (Å²) in [7, 11) is 7.19. The van der Waals surface area contributed by atoms with Gasteiger partial charge < -0.3 is 9.72 Å². The van der Waals surface area contributed by atoms with Crippen molar-refractivity contribution in [3.63, 3.8) is 0 Å². The van der Waals surface area contributed by atoms with Gasteiger partial charge in [-0.15, -0.1) is 0 Å². The number of benzene rings is 2. The highest BCUT2D eigenvalue weighted by atomic mass is 19.1. The molecule has 0 amide bonds. The van der Waals surface area contributed by atoms with Gasteiger partial charge in [-0.1, -0.05) is 5.21 Å². The molecule has 3 aromatic rings.